The van der Waals surface area contributed by atoms with Crippen molar-refractivity contribution in [3.63, 3.8) is 0 Å². The van der Waals surface area contributed by atoms with Crippen LogP contribution in [0.2, 0.25) is 0 Å². The Morgan fingerprint density at radius 1 is 1.00 bits per heavy atom. The fourth-order valence-electron chi connectivity index (χ4n) is 4.29. The Bertz CT molecular complexity index is 1240. The molecule has 6 rings (SSSR count). The summed E-state index contributed by atoms with van der Waals surface area (Å²) in [7, 11) is 0. The molecule has 174 valence electrons. The number of nitrogens with zero attached hydrogens (tertiary/aromatic N) is 3. The van der Waals surface area contributed by atoms with Gasteiger partial charge in [-0.3, -0.25) is 10.1 Å². The molecule has 34 heavy (non-hydrogen) atoms. The molecule has 9 nitrogen and oxygen atoms in total. The number of aromatic amines is 1. The summed E-state index contributed by atoms with van der Waals surface area (Å²) in [5.41, 5.74) is 3.36. The van der Waals surface area contributed by atoms with Gasteiger partial charge >= 0.3 is 0 Å². The van der Waals surface area contributed by atoms with Gasteiger partial charge in [-0.1, -0.05) is 0 Å². The van der Waals surface area contributed by atoms with Crippen molar-refractivity contribution in [2.75, 3.05) is 19.8 Å². The Hall–Kier alpha value is -3.60. The number of rotatable bonds is 5. The summed E-state index contributed by atoms with van der Waals surface area (Å²) in [5, 5.41) is 20.3. The quantitative estimate of drug-likeness (QED) is 0.527. The van der Waals surface area contributed by atoms with E-state index in [2.05, 4.69) is 25.5 Å². The van der Waals surface area contributed by atoms with Crippen molar-refractivity contribution in [2.45, 2.75) is 24.4 Å². The summed E-state index contributed by atoms with van der Waals surface area (Å²) >= 11 is 0. The molecule has 3 aliphatic rings. The van der Waals surface area contributed by atoms with Crippen LogP contribution < -0.4 is 5.32 Å². The molecule has 5 heterocycles. The van der Waals surface area contributed by atoms with Gasteiger partial charge < -0.3 is 24.6 Å². The second kappa shape index (κ2) is 8.64. The van der Waals surface area contributed by atoms with Crippen molar-refractivity contribution < 1.29 is 23.7 Å². The van der Waals surface area contributed by atoms with E-state index in [1.807, 2.05) is 24.3 Å². The number of allylic oxidation sites excluding steroid dienone is 2. The van der Waals surface area contributed by atoms with Crippen LogP contribution >= 0.6 is 0 Å². The molecule has 2 aromatic heterocycles. The lowest BCUT2D eigenvalue weighted by atomic mass is 10.1. The highest BCUT2D eigenvalue weighted by atomic mass is 19.1. The molecule has 1 aromatic carbocycles. The van der Waals surface area contributed by atoms with Gasteiger partial charge in [0.15, 0.2) is 23.6 Å². The van der Waals surface area contributed by atoms with Gasteiger partial charge in [-0.15, -0.1) is 0 Å². The highest BCUT2D eigenvalue weighted by Crippen LogP contribution is 2.30. The number of aliphatic hydroxyl groups is 1. The fraction of sp³-hybridized carbons (Fsp3) is 0.292. The van der Waals surface area contributed by atoms with E-state index in [9.17, 15) is 9.50 Å². The zero-order valence-electron chi connectivity index (χ0n) is 18.0. The van der Waals surface area contributed by atoms with Gasteiger partial charge in [0.1, 0.15) is 24.1 Å². The summed E-state index contributed by atoms with van der Waals surface area (Å²) in [6.07, 6.45) is 4.12. The molecule has 4 atom stereocenters. The SMILES string of the molecule is O[C@@H]1CO[C@H]2[C@@H]1OC[C@@H]2OC1=CC=C(c2ccc(-c3n[nH]c(-c4ccc(F)cc4)n3)cn2)CN1. The predicted octanol–water partition coefficient (Wildman–Crippen LogP) is 2.04. The van der Waals surface area contributed by atoms with Crippen LogP contribution in [0.5, 0.6) is 0 Å². The number of halogens is 1. The van der Waals surface area contributed by atoms with Crippen LogP contribution in [0.4, 0.5) is 4.39 Å². The number of pyridine rings is 1. The van der Waals surface area contributed by atoms with Gasteiger partial charge in [0.05, 0.1) is 18.9 Å². The summed E-state index contributed by atoms with van der Waals surface area (Å²) in [6, 6.07) is 9.90. The first-order valence-corrected chi connectivity index (χ1v) is 11.0. The molecule has 10 heteroatoms. The van der Waals surface area contributed by atoms with E-state index < -0.39 is 6.10 Å². The van der Waals surface area contributed by atoms with E-state index in [1.54, 1.807) is 18.3 Å². The largest absolute Gasteiger partial charge is 0.471 e. The minimum absolute atomic E-state index is 0.253. The zero-order chi connectivity index (χ0) is 23.1. The first kappa shape index (κ1) is 21.0. The molecular formula is C24H22FN5O4. The van der Waals surface area contributed by atoms with Crippen molar-refractivity contribution in [1.29, 1.82) is 0 Å². The van der Waals surface area contributed by atoms with Gasteiger partial charge in [-0.05, 0) is 54.1 Å². The number of ether oxygens (including phenoxy) is 3. The average molecular weight is 463 g/mol. The lowest BCUT2D eigenvalue weighted by Crippen LogP contribution is -2.35. The molecule has 3 aliphatic heterocycles. The van der Waals surface area contributed by atoms with E-state index in [4.69, 9.17) is 14.2 Å². The molecule has 2 saturated heterocycles. The maximum absolute atomic E-state index is 13.1. The van der Waals surface area contributed by atoms with Crippen LogP contribution in [0, 0.1) is 5.82 Å². The van der Waals surface area contributed by atoms with Crippen LogP contribution in [0.1, 0.15) is 5.69 Å². The first-order valence-electron chi connectivity index (χ1n) is 11.0. The number of nitrogens with one attached hydrogen (secondary N) is 2. The number of fused-ring (bicyclic) bond motifs is 1. The highest BCUT2D eigenvalue weighted by Gasteiger charge is 2.48. The van der Waals surface area contributed by atoms with E-state index in [0.29, 0.717) is 30.7 Å². The van der Waals surface area contributed by atoms with Crippen LogP contribution in [0.15, 0.2) is 60.6 Å². The molecule has 0 aliphatic carbocycles. The number of hydrogen-bond acceptors (Lipinski definition) is 8. The standard InChI is InChI=1S/C24H22FN5O4/c25-16-5-1-13(2-6-16)23-28-24(30-29-23)15-3-7-17(26-10-15)14-4-8-20(27-9-14)34-19-12-33-21-18(31)11-32-22(19)21/h1-8,10,18-19,21-22,27,31H,9,11-12H2,(H,28,29,30)/t18-,19+,21-,22-/m1/s1. The minimum atomic E-state index is -0.599. The van der Waals surface area contributed by atoms with Gasteiger partial charge in [0.25, 0.3) is 0 Å². The van der Waals surface area contributed by atoms with E-state index >= 15 is 0 Å². The van der Waals surface area contributed by atoms with Crippen LogP contribution in [0.3, 0.4) is 0 Å². The molecule has 0 amide bonds. The number of benzene rings is 1. The highest BCUT2D eigenvalue weighted by molar-refractivity contribution is 5.69. The van der Waals surface area contributed by atoms with Gasteiger partial charge in [-0.2, -0.15) is 5.10 Å². The third-order valence-corrected chi connectivity index (χ3v) is 6.10. The molecule has 0 saturated carbocycles. The summed E-state index contributed by atoms with van der Waals surface area (Å²) in [5.74, 6) is 1.41. The van der Waals surface area contributed by atoms with Crippen LogP contribution in [-0.2, 0) is 14.2 Å². The Morgan fingerprint density at radius 3 is 2.59 bits per heavy atom. The summed E-state index contributed by atoms with van der Waals surface area (Å²) in [4.78, 5) is 9.05. The van der Waals surface area contributed by atoms with Crippen molar-refractivity contribution >= 4 is 5.57 Å². The Balaban J connectivity index is 1.12. The molecule has 0 spiro atoms. The van der Waals surface area contributed by atoms with Gasteiger partial charge in [0.2, 0.25) is 0 Å². The lowest BCUT2D eigenvalue weighted by Gasteiger charge is -2.23. The number of dihydropyridines is 1. The summed E-state index contributed by atoms with van der Waals surface area (Å²) in [6.45, 7) is 1.21. The van der Waals surface area contributed by atoms with Crippen LogP contribution in [0.25, 0.3) is 28.3 Å². The van der Waals surface area contributed by atoms with Gasteiger partial charge in [0, 0.05) is 23.9 Å². The van der Waals surface area contributed by atoms with Crippen molar-refractivity contribution in [2.24, 2.45) is 0 Å². The van der Waals surface area contributed by atoms with Crippen molar-refractivity contribution in [3.05, 3.63) is 72.1 Å². The molecular weight excluding hydrogens is 441 g/mol. The van der Waals surface area contributed by atoms with Crippen LogP contribution in [-0.4, -0.2) is 69.4 Å². The zero-order valence-corrected chi connectivity index (χ0v) is 18.0. The molecule has 3 aromatic rings. The second-order valence-corrected chi connectivity index (χ2v) is 8.34. The molecule has 0 radical (unpaired) electrons. The third-order valence-electron chi connectivity index (χ3n) is 6.10. The lowest BCUT2D eigenvalue weighted by molar-refractivity contribution is -0.0154. The smallest absolute Gasteiger partial charge is 0.187 e. The summed E-state index contributed by atoms with van der Waals surface area (Å²) < 4.78 is 30.4. The van der Waals surface area contributed by atoms with Crippen molar-refractivity contribution in [1.82, 2.24) is 25.5 Å². The van der Waals surface area contributed by atoms with E-state index in [-0.39, 0.29) is 30.7 Å². The Kier molecular flexibility index (Phi) is 5.33. The Labute approximate surface area is 194 Å². The number of hydrogen-bond donors (Lipinski definition) is 3. The minimum Gasteiger partial charge on any atom is -0.471 e. The van der Waals surface area contributed by atoms with E-state index in [1.165, 1.54) is 12.1 Å². The molecule has 2 fully saturated rings. The molecule has 0 unspecified atom stereocenters. The van der Waals surface area contributed by atoms with E-state index in [0.717, 1.165) is 22.4 Å². The Morgan fingerprint density at radius 2 is 1.82 bits per heavy atom. The monoisotopic (exact) mass is 463 g/mol. The molecule has 0 bridgehead atoms. The fourth-order valence-corrected chi connectivity index (χ4v) is 4.29. The number of aliphatic hydroxyl groups excluding tert-OH is 1. The molecule has 3 N–H and O–H groups in total. The van der Waals surface area contributed by atoms with Gasteiger partial charge in [-0.25, -0.2) is 9.37 Å². The number of aromatic nitrogens is 4. The number of H-pyrrole nitrogens is 1. The normalized spacial score (nSPS) is 25.9. The maximum atomic E-state index is 13.1. The topological polar surface area (TPSA) is 114 Å². The second-order valence-electron chi connectivity index (χ2n) is 8.34. The average Bonchev–Trinajstić information content (AvgIpc) is 3.60. The maximum Gasteiger partial charge on any atom is 0.187 e. The van der Waals surface area contributed by atoms with Crippen molar-refractivity contribution in [3.8, 4) is 22.8 Å². The third kappa shape index (κ3) is 3.96. The predicted molar refractivity (Wildman–Crippen MR) is 119 cm³/mol. The first-order chi connectivity index (χ1) is 16.6.